The number of carbonyl (C=O) groups is 1. The molecule has 20 heavy (non-hydrogen) atoms. The number of Topliss-reactive ketones (excluding diaryl/α,β-unsaturated/α-hetero) is 1. The summed E-state index contributed by atoms with van der Waals surface area (Å²) >= 11 is 0. The van der Waals surface area contributed by atoms with Gasteiger partial charge in [-0.25, -0.2) is 0 Å². The van der Waals surface area contributed by atoms with Gasteiger partial charge in [0.05, 0.1) is 11.6 Å². The van der Waals surface area contributed by atoms with Crippen molar-refractivity contribution in [3.63, 3.8) is 0 Å². The van der Waals surface area contributed by atoms with Crippen LogP contribution in [0.3, 0.4) is 0 Å². The number of aliphatic imine (C=N–C) groups is 1. The smallest absolute Gasteiger partial charge is 0.175 e. The molecule has 3 rings (SSSR count). The number of nitrogens with one attached hydrogen (secondary N) is 1. The van der Waals surface area contributed by atoms with Crippen molar-refractivity contribution in [2.24, 2.45) is 10.9 Å². The van der Waals surface area contributed by atoms with E-state index in [-0.39, 0.29) is 11.7 Å². The summed E-state index contributed by atoms with van der Waals surface area (Å²) < 4.78 is 0. The van der Waals surface area contributed by atoms with Gasteiger partial charge >= 0.3 is 0 Å². The van der Waals surface area contributed by atoms with Gasteiger partial charge in [0.1, 0.15) is 0 Å². The minimum absolute atomic E-state index is 0.150. The first-order chi connectivity index (χ1) is 9.75. The molecule has 0 bridgehead atoms. The molecule has 1 aliphatic heterocycles. The van der Waals surface area contributed by atoms with E-state index in [2.05, 4.69) is 10.3 Å². The Bertz CT molecular complexity index is 662. The zero-order valence-electron chi connectivity index (χ0n) is 11.3. The SMILES string of the molecule is CC1=Nc2ccccc2C(=O)C1CNc1ccccc1. The maximum absolute atomic E-state index is 12.5. The summed E-state index contributed by atoms with van der Waals surface area (Å²) in [5.74, 6) is -0.0402. The summed E-state index contributed by atoms with van der Waals surface area (Å²) in [6.07, 6.45) is 0. The third-order valence-corrected chi connectivity index (χ3v) is 3.57. The molecule has 0 aromatic heterocycles. The van der Waals surface area contributed by atoms with Crippen molar-refractivity contribution in [1.82, 2.24) is 0 Å². The van der Waals surface area contributed by atoms with Crippen molar-refractivity contribution < 1.29 is 4.79 Å². The van der Waals surface area contributed by atoms with Crippen LogP contribution in [-0.4, -0.2) is 18.0 Å². The highest BCUT2D eigenvalue weighted by atomic mass is 16.1. The molecule has 0 amide bonds. The van der Waals surface area contributed by atoms with Gasteiger partial charge in [-0.2, -0.15) is 0 Å². The van der Waals surface area contributed by atoms with Gasteiger partial charge in [-0.15, -0.1) is 0 Å². The van der Waals surface area contributed by atoms with E-state index in [1.807, 2.05) is 61.5 Å². The van der Waals surface area contributed by atoms with Crippen LogP contribution in [-0.2, 0) is 0 Å². The number of anilines is 1. The van der Waals surface area contributed by atoms with Gasteiger partial charge < -0.3 is 5.32 Å². The summed E-state index contributed by atoms with van der Waals surface area (Å²) in [6.45, 7) is 2.50. The molecule has 0 aliphatic carbocycles. The van der Waals surface area contributed by atoms with Crippen LogP contribution in [0.2, 0.25) is 0 Å². The number of rotatable bonds is 3. The Morgan fingerprint density at radius 2 is 1.75 bits per heavy atom. The highest BCUT2D eigenvalue weighted by Gasteiger charge is 2.28. The fourth-order valence-electron chi connectivity index (χ4n) is 2.44. The molecule has 3 nitrogen and oxygen atoms in total. The van der Waals surface area contributed by atoms with E-state index in [1.54, 1.807) is 0 Å². The van der Waals surface area contributed by atoms with Gasteiger partial charge in [-0.1, -0.05) is 30.3 Å². The summed E-state index contributed by atoms with van der Waals surface area (Å²) in [5, 5.41) is 3.30. The van der Waals surface area contributed by atoms with Crippen molar-refractivity contribution in [2.45, 2.75) is 6.92 Å². The zero-order chi connectivity index (χ0) is 13.9. The van der Waals surface area contributed by atoms with Crippen LogP contribution in [0.25, 0.3) is 0 Å². The van der Waals surface area contributed by atoms with E-state index < -0.39 is 0 Å². The molecule has 0 saturated heterocycles. The third kappa shape index (κ3) is 2.35. The Morgan fingerprint density at radius 1 is 1.05 bits per heavy atom. The van der Waals surface area contributed by atoms with E-state index >= 15 is 0 Å². The molecule has 1 heterocycles. The van der Waals surface area contributed by atoms with Gasteiger partial charge in [0, 0.05) is 23.5 Å². The van der Waals surface area contributed by atoms with Gasteiger partial charge in [-0.05, 0) is 31.2 Å². The fourth-order valence-corrected chi connectivity index (χ4v) is 2.44. The second-order valence-electron chi connectivity index (χ2n) is 4.93. The first kappa shape index (κ1) is 12.6. The highest BCUT2D eigenvalue weighted by Crippen LogP contribution is 2.28. The van der Waals surface area contributed by atoms with Crippen molar-refractivity contribution >= 4 is 22.9 Å². The Labute approximate surface area is 118 Å². The van der Waals surface area contributed by atoms with Crippen LogP contribution in [0.4, 0.5) is 11.4 Å². The second kappa shape index (κ2) is 5.29. The largest absolute Gasteiger partial charge is 0.384 e. The highest BCUT2D eigenvalue weighted by molar-refractivity contribution is 6.17. The molecule has 0 saturated carbocycles. The minimum Gasteiger partial charge on any atom is -0.384 e. The fraction of sp³-hybridized carbons (Fsp3) is 0.176. The van der Waals surface area contributed by atoms with Gasteiger partial charge in [0.15, 0.2) is 5.78 Å². The van der Waals surface area contributed by atoms with Crippen LogP contribution in [0.15, 0.2) is 59.6 Å². The zero-order valence-corrected chi connectivity index (χ0v) is 11.3. The summed E-state index contributed by atoms with van der Waals surface area (Å²) in [4.78, 5) is 17.1. The average molecular weight is 264 g/mol. The molecular formula is C17H16N2O. The molecule has 0 spiro atoms. The molecule has 2 aromatic carbocycles. The third-order valence-electron chi connectivity index (χ3n) is 3.57. The van der Waals surface area contributed by atoms with Gasteiger partial charge in [0.25, 0.3) is 0 Å². The van der Waals surface area contributed by atoms with E-state index in [0.29, 0.717) is 6.54 Å². The molecule has 100 valence electrons. The number of nitrogens with zero attached hydrogens (tertiary/aromatic N) is 1. The van der Waals surface area contributed by atoms with Crippen molar-refractivity contribution in [3.05, 3.63) is 60.2 Å². The second-order valence-corrected chi connectivity index (χ2v) is 4.93. The molecule has 0 radical (unpaired) electrons. The number of carbonyl (C=O) groups excluding carboxylic acids is 1. The normalized spacial score (nSPS) is 17.4. The van der Waals surface area contributed by atoms with Crippen LogP contribution < -0.4 is 5.32 Å². The molecule has 2 aromatic rings. The summed E-state index contributed by atoms with van der Waals surface area (Å²) in [7, 11) is 0. The molecule has 0 fully saturated rings. The minimum atomic E-state index is -0.190. The van der Waals surface area contributed by atoms with Crippen LogP contribution >= 0.6 is 0 Å². The van der Waals surface area contributed by atoms with Crippen LogP contribution in [0.5, 0.6) is 0 Å². The number of hydrogen-bond acceptors (Lipinski definition) is 3. The Balaban J connectivity index is 1.80. The molecule has 3 heteroatoms. The topological polar surface area (TPSA) is 41.5 Å². The first-order valence-electron chi connectivity index (χ1n) is 6.73. The molecule has 1 aliphatic rings. The number of para-hydroxylation sites is 2. The molecule has 1 atom stereocenters. The Morgan fingerprint density at radius 3 is 2.55 bits per heavy atom. The standard InChI is InChI=1S/C17H16N2O/c1-12-15(11-18-13-7-3-2-4-8-13)17(20)14-9-5-6-10-16(14)19-12/h2-10,15,18H,11H2,1H3. The van der Waals surface area contributed by atoms with Crippen molar-refractivity contribution in [2.75, 3.05) is 11.9 Å². The average Bonchev–Trinajstić information content (AvgIpc) is 2.48. The summed E-state index contributed by atoms with van der Waals surface area (Å²) in [5.41, 5.74) is 3.40. The lowest BCUT2D eigenvalue weighted by molar-refractivity contribution is 0.0958. The lowest BCUT2D eigenvalue weighted by atomic mass is 9.90. The maximum Gasteiger partial charge on any atom is 0.175 e. The molecule has 1 unspecified atom stereocenters. The lowest BCUT2D eigenvalue weighted by Crippen LogP contribution is -2.31. The Hall–Kier alpha value is -2.42. The number of benzene rings is 2. The van der Waals surface area contributed by atoms with Crippen LogP contribution in [0.1, 0.15) is 17.3 Å². The van der Waals surface area contributed by atoms with E-state index in [0.717, 1.165) is 22.6 Å². The monoisotopic (exact) mass is 264 g/mol. The van der Waals surface area contributed by atoms with Gasteiger partial charge in [-0.3, -0.25) is 9.79 Å². The number of hydrogen-bond donors (Lipinski definition) is 1. The van der Waals surface area contributed by atoms with Crippen LogP contribution in [0, 0.1) is 5.92 Å². The maximum atomic E-state index is 12.5. The first-order valence-corrected chi connectivity index (χ1v) is 6.73. The predicted octanol–water partition coefficient (Wildman–Crippen LogP) is 3.70. The quantitative estimate of drug-likeness (QED) is 0.918. The lowest BCUT2D eigenvalue weighted by Gasteiger charge is -2.22. The molecular weight excluding hydrogens is 248 g/mol. The van der Waals surface area contributed by atoms with E-state index in [1.165, 1.54) is 0 Å². The molecule has 1 N–H and O–H groups in total. The van der Waals surface area contributed by atoms with E-state index in [9.17, 15) is 4.79 Å². The van der Waals surface area contributed by atoms with Crippen molar-refractivity contribution in [1.29, 1.82) is 0 Å². The van der Waals surface area contributed by atoms with E-state index in [4.69, 9.17) is 0 Å². The number of ketones is 1. The Kier molecular flexibility index (Phi) is 3.33. The summed E-state index contributed by atoms with van der Waals surface area (Å²) in [6, 6.07) is 17.4. The number of fused-ring (bicyclic) bond motifs is 1. The van der Waals surface area contributed by atoms with Gasteiger partial charge in [0.2, 0.25) is 0 Å². The van der Waals surface area contributed by atoms with Crippen molar-refractivity contribution in [3.8, 4) is 0 Å². The predicted molar refractivity (Wildman–Crippen MR) is 82.0 cm³/mol.